The Kier molecular flexibility index (Phi) is 4.57. The van der Waals surface area contributed by atoms with E-state index in [1.54, 1.807) is 18.2 Å². The zero-order valence-electron chi connectivity index (χ0n) is 9.05. The molecule has 0 spiro atoms. The van der Waals surface area contributed by atoms with Crippen molar-refractivity contribution in [3.8, 4) is 11.5 Å². The average Bonchev–Trinajstić information content (AvgIpc) is 2.19. The van der Waals surface area contributed by atoms with Gasteiger partial charge in [-0.05, 0) is 19.1 Å². The van der Waals surface area contributed by atoms with E-state index in [9.17, 15) is 8.42 Å². The van der Waals surface area contributed by atoms with Gasteiger partial charge in [-0.2, -0.15) is 0 Å². The Morgan fingerprint density at radius 3 is 2.25 bits per heavy atom. The fraction of sp³-hybridized carbons (Fsp3) is 0.400. The van der Waals surface area contributed by atoms with Crippen LogP contribution in [0.4, 0.5) is 0 Å². The van der Waals surface area contributed by atoms with Crippen molar-refractivity contribution in [1.82, 2.24) is 0 Å². The summed E-state index contributed by atoms with van der Waals surface area (Å²) < 4.78 is 32.0. The highest BCUT2D eigenvalue weighted by Crippen LogP contribution is 2.26. The van der Waals surface area contributed by atoms with E-state index >= 15 is 0 Å². The molecule has 0 aromatic heterocycles. The highest BCUT2D eigenvalue weighted by atomic mass is 32.2. The molecule has 0 radical (unpaired) electrons. The van der Waals surface area contributed by atoms with Crippen molar-refractivity contribution in [1.29, 1.82) is 0 Å². The van der Waals surface area contributed by atoms with Gasteiger partial charge in [0.1, 0.15) is 6.61 Å². The van der Waals surface area contributed by atoms with E-state index in [-0.39, 0.29) is 12.4 Å². The van der Waals surface area contributed by atoms with Crippen LogP contribution in [-0.4, -0.2) is 27.4 Å². The molecular formula is C10H15NO4S. The van der Waals surface area contributed by atoms with Crippen LogP contribution in [0, 0.1) is 0 Å². The molecule has 0 heterocycles. The number of benzene rings is 1. The Morgan fingerprint density at radius 1 is 1.19 bits per heavy atom. The van der Waals surface area contributed by atoms with E-state index in [0.717, 1.165) is 0 Å². The maximum Gasteiger partial charge on any atom is 0.212 e. The minimum Gasteiger partial charge on any atom is -0.490 e. The Labute approximate surface area is 95.2 Å². The quantitative estimate of drug-likeness (QED) is 0.802. The van der Waals surface area contributed by atoms with Gasteiger partial charge in [0.05, 0.1) is 12.4 Å². The van der Waals surface area contributed by atoms with E-state index in [1.807, 2.05) is 13.0 Å². The largest absolute Gasteiger partial charge is 0.490 e. The number of rotatable bonds is 6. The summed E-state index contributed by atoms with van der Waals surface area (Å²) in [4.78, 5) is 0. The number of para-hydroxylation sites is 2. The molecule has 0 fully saturated rings. The minimum absolute atomic E-state index is 0.0168. The van der Waals surface area contributed by atoms with Crippen LogP contribution in [0.3, 0.4) is 0 Å². The standard InChI is InChI=1S/C10H15NO4S/c1-2-14-9-5-3-4-6-10(9)15-7-8-16(11,12)13/h3-6H,2,7-8H2,1H3,(H2,11,12,13). The summed E-state index contributed by atoms with van der Waals surface area (Å²) in [7, 11) is -3.49. The van der Waals surface area contributed by atoms with E-state index in [4.69, 9.17) is 14.6 Å². The lowest BCUT2D eigenvalue weighted by Crippen LogP contribution is -2.21. The third-order valence-electron chi connectivity index (χ3n) is 1.77. The van der Waals surface area contributed by atoms with Crippen LogP contribution in [0.15, 0.2) is 24.3 Å². The smallest absolute Gasteiger partial charge is 0.212 e. The van der Waals surface area contributed by atoms with Crippen molar-refractivity contribution in [2.45, 2.75) is 6.92 Å². The third kappa shape index (κ3) is 4.50. The number of hydrogen-bond donors (Lipinski definition) is 1. The molecule has 0 unspecified atom stereocenters. The lowest BCUT2D eigenvalue weighted by molar-refractivity contribution is 0.288. The molecule has 16 heavy (non-hydrogen) atoms. The van der Waals surface area contributed by atoms with Crippen LogP contribution in [0.5, 0.6) is 11.5 Å². The van der Waals surface area contributed by atoms with Gasteiger partial charge in [0.2, 0.25) is 10.0 Å². The first-order chi connectivity index (χ1) is 7.53. The number of ether oxygens (including phenoxy) is 2. The molecule has 0 saturated carbocycles. The maximum absolute atomic E-state index is 10.7. The monoisotopic (exact) mass is 245 g/mol. The molecule has 90 valence electrons. The zero-order chi connectivity index (χ0) is 12.0. The number of sulfonamides is 1. The zero-order valence-corrected chi connectivity index (χ0v) is 9.87. The molecule has 0 bridgehead atoms. The van der Waals surface area contributed by atoms with E-state index in [0.29, 0.717) is 18.1 Å². The molecule has 5 nitrogen and oxygen atoms in total. The Morgan fingerprint density at radius 2 is 1.75 bits per heavy atom. The van der Waals surface area contributed by atoms with Crippen molar-refractivity contribution < 1.29 is 17.9 Å². The van der Waals surface area contributed by atoms with Crippen molar-refractivity contribution in [3.05, 3.63) is 24.3 Å². The summed E-state index contributed by atoms with van der Waals surface area (Å²) in [5.74, 6) is 0.903. The van der Waals surface area contributed by atoms with E-state index in [2.05, 4.69) is 0 Å². The second-order valence-electron chi connectivity index (χ2n) is 3.10. The molecular weight excluding hydrogens is 230 g/mol. The lowest BCUT2D eigenvalue weighted by atomic mass is 10.3. The summed E-state index contributed by atoms with van der Waals surface area (Å²) in [6.45, 7) is 2.40. The second-order valence-corrected chi connectivity index (χ2v) is 4.83. The van der Waals surface area contributed by atoms with Gasteiger partial charge in [-0.15, -0.1) is 0 Å². The molecule has 1 aromatic rings. The highest BCUT2D eigenvalue weighted by molar-refractivity contribution is 7.89. The minimum atomic E-state index is -3.49. The summed E-state index contributed by atoms with van der Waals surface area (Å²) in [6.07, 6.45) is 0. The fourth-order valence-corrected chi connectivity index (χ4v) is 1.43. The van der Waals surface area contributed by atoms with Gasteiger partial charge in [-0.1, -0.05) is 12.1 Å². The molecule has 0 aliphatic heterocycles. The molecule has 0 amide bonds. The van der Waals surface area contributed by atoms with Gasteiger partial charge >= 0.3 is 0 Å². The van der Waals surface area contributed by atoms with Crippen molar-refractivity contribution in [3.63, 3.8) is 0 Å². The SMILES string of the molecule is CCOc1ccccc1OCCS(N)(=O)=O. The predicted molar refractivity (Wildman–Crippen MR) is 61.1 cm³/mol. The summed E-state index contributed by atoms with van der Waals surface area (Å²) >= 11 is 0. The number of hydrogen-bond acceptors (Lipinski definition) is 4. The lowest BCUT2D eigenvalue weighted by Gasteiger charge is -2.10. The number of primary sulfonamides is 1. The van der Waals surface area contributed by atoms with Gasteiger partial charge < -0.3 is 9.47 Å². The molecule has 0 saturated heterocycles. The number of nitrogens with two attached hydrogens (primary N) is 1. The average molecular weight is 245 g/mol. The summed E-state index contributed by atoms with van der Waals surface area (Å²) in [5.41, 5.74) is 0. The first-order valence-electron chi connectivity index (χ1n) is 4.88. The van der Waals surface area contributed by atoms with Crippen LogP contribution in [-0.2, 0) is 10.0 Å². The second kappa shape index (κ2) is 5.72. The first-order valence-corrected chi connectivity index (χ1v) is 6.59. The van der Waals surface area contributed by atoms with Crippen LogP contribution in [0.1, 0.15) is 6.92 Å². The van der Waals surface area contributed by atoms with E-state index in [1.165, 1.54) is 0 Å². The van der Waals surface area contributed by atoms with Crippen LogP contribution >= 0.6 is 0 Å². The van der Waals surface area contributed by atoms with Crippen LogP contribution in [0.2, 0.25) is 0 Å². The predicted octanol–water partition coefficient (Wildman–Crippen LogP) is 0.753. The normalized spacial score (nSPS) is 11.1. The molecule has 0 aliphatic rings. The van der Waals surface area contributed by atoms with Gasteiger partial charge in [-0.3, -0.25) is 0 Å². The third-order valence-corrected chi connectivity index (χ3v) is 2.51. The molecule has 2 N–H and O–H groups in total. The van der Waals surface area contributed by atoms with Crippen LogP contribution < -0.4 is 14.6 Å². The molecule has 6 heteroatoms. The maximum atomic E-state index is 10.7. The van der Waals surface area contributed by atoms with Gasteiger partial charge in [-0.25, -0.2) is 13.6 Å². The van der Waals surface area contributed by atoms with E-state index < -0.39 is 10.0 Å². The summed E-state index contributed by atoms with van der Waals surface area (Å²) in [5, 5.41) is 4.86. The first kappa shape index (κ1) is 12.8. The Hall–Kier alpha value is -1.27. The topological polar surface area (TPSA) is 78.6 Å². The highest BCUT2D eigenvalue weighted by Gasteiger charge is 2.06. The Bertz CT molecular complexity index is 430. The van der Waals surface area contributed by atoms with Gasteiger partial charge in [0.25, 0.3) is 0 Å². The van der Waals surface area contributed by atoms with Crippen LogP contribution in [0.25, 0.3) is 0 Å². The molecule has 1 aromatic carbocycles. The van der Waals surface area contributed by atoms with Gasteiger partial charge in [0, 0.05) is 0 Å². The molecule has 0 atom stereocenters. The summed E-state index contributed by atoms with van der Waals surface area (Å²) in [6, 6.07) is 7.08. The van der Waals surface area contributed by atoms with Crippen molar-refractivity contribution >= 4 is 10.0 Å². The fourth-order valence-electron chi connectivity index (χ4n) is 1.11. The molecule has 1 rings (SSSR count). The molecule has 0 aliphatic carbocycles. The Balaban J connectivity index is 2.59. The van der Waals surface area contributed by atoms with Crippen molar-refractivity contribution in [2.75, 3.05) is 19.0 Å². The van der Waals surface area contributed by atoms with Crippen molar-refractivity contribution in [2.24, 2.45) is 5.14 Å². The van der Waals surface area contributed by atoms with Gasteiger partial charge in [0.15, 0.2) is 11.5 Å².